The molecule has 1 aliphatic rings. The zero-order valence-corrected chi connectivity index (χ0v) is 12.9. The molecule has 1 aromatic carbocycles. The summed E-state index contributed by atoms with van der Waals surface area (Å²) in [5.74, 6) is 0. The van der Waals surface area contributed by atoms with Gasteiger partial charge < -0.3 is 5.32 Å². The fraction of sp³-hybridized carbons (Fsp3) is 0.600. The van der Waals surface area contributed by atoms with E-state index in [4.69, 9.17) is 0 Å². The number of halogens is 1. The van der Waals surface area contributed by atoms with Gasteiger partial charge in [-0.3, -0.25) is 4.90 Å². The lowest BCUT2D eigenvalue weighted by atomic mass is 10.0. The molecular weight excluding hydrogens is 288 g/mol. The van der Waals surface area contributed by atoms with E-state index in [1.165, 1.54) is 24.9 Å². The standard InChI is InChI=1S/C15H23BrN2/c1-3-10-18(15-8-9-17-11-15)12(2)13-4-6-14(16)7-5-13/h4-7,12,15,17H,3,8-11H2,1-2H3. The van der Waals surface area contributed by atoms with E-state index in [-0.39, 0.29) is 0 Å². The highest BCUT2D eigenvalue weighted by atomic mass is 79.9. The SMILES string of the molecule is CCCN(C1CCNC1)C(C)c1ccc(Br)cc1. The first-order valence-electron chi connectivity index (χ1n) is 6.94. The molecule has 3 heteroatoms. The van der Waals surface area contributed by atoms with E-state index >= 15 is 0 Å². The van der Waals surface area contributed by atoms with E-state index in [0.717, 1.165) is 17.6 Å². The normalized spacial score (nSPS) is 21.4. The van der Waals surface area contributed by atoms with Gasteiger partial charge in [0.15, 0.2) is 0 Å². The van der Waals surface area contributed by atoms with E-state index in [1.807, 2.05) is 0 Å². The molecule has 1 N–H and O–H groups in total. The average Bonchev–Trinajstić information content (AvgIpc) is 2.90. The molecule has 0 spiro atoms. The number of nitrogens with one attached hydrogen (secondary N) is 1. The molecule has 0 amide bonds. The summed E-state index contributed by atoms with van der Waals surface area (Å²) in [6, 6.07) is 9.96. The summed E-state index contributed by atoms with van der Waals surface area (Å²) in [5.41, 5.74) is 1.42. The van der Waals surface area contributed by atoms with Gasteiger partial charge in [-0.2, -0.15) is 0 Å². The number of hydrogen-bond donors (Lipinski definition) is 1. The van der Waals surface area contributed by atoms with Gasteiger partial charge in [-0.1, -0.05) is 35.0 Å². The molecule has 2 rings (SSSR count). The maximum absolute atomic E-state index is 3.51. The third-order valence-electron chi connectivity index (χ3n) is 3.84. The van der Waals surface area contributed by atoms with Gasteiger partial charge in [0.05, 0.1) is 0 Å². The van der Waals surface area contributed by atoms with Crippen LogP contribution >= 0.6 is 15.9 Å². The van der Waals surface area contributed by atoms with Gasteiger partial charge in [-0.15, -0.1) is 0 Å². The van der Waals surface area contributed by atoms with Gasteiger partial charge in [0.25, 0.3) is 0 Å². The lowest BCUT2D eigenvalue weighted by Crippen LogP contribution is -2.39. The molecule has 1 fully saturated rings. The van der Waals surface area contributed by atoms with Crippen LogP contribution in [0.5, 0.6) is 0 Å². The third-order valence-corrected chi connectivity index (χ3v) is 4.36. The van der Waals surface area contributed by atoms with Crippen molar-refractivity contribution in [1.29, 1.82) is 0 Å². The first-order valence-corrected chi connectivity index (χ1v) is 7.73. The Labute approximate surface area is 119 Å². The van der Waals surface area contributed by atoms with Crippen molar-refractivity contribution in [2.24, 2.45) is 0 Å². The van der Waals surface area contributed by atoms with Gasteiger partial charge in [0, 0.05) is 23.1 Å². The van der Waals surface area contributed by atoms with Gasteiger partial charge in [0.1, 0.15) is 0 Å². The van der Waals surface area contributed by atoms with Crippen LogP contribution in [0.25, 0.3) is 0 Å². The summed E-state index contributed by atoms with van der Waals surface area (Å²) < 4.78 is 1.16. The summed E-state index contributed by atoms with van der Waals surface area (Å²) in [4.78, 5) is 2.66. The third kappa shape index (κ3) is 3.34. The topological polar surface area (TPSA) is 15.3 Å². The number of rotatable bonds is 5. The van der Waals surface area contributed by atoms with Gasteiger partial charge in [0.2, 0.25) is 0 Å². The minimum atomic E-state index is 0.503. The Kier molecular flexibility index (Phi) is 5.22. The summed E-state index contributed by atoms with van der Waals surface area (Å²) in [6.45, 7) is 8.09. The molecule has 1 aliphatic heterocycles. The first kappa shape index (κ1) is 14.0. The van der Waals surface area contributed by atoms with Crippen molar-refractivity contribution < 1.29 is 0 Å². The summed E-state index contributed by atoms with van der Waals surface area (Å²) in [6.07, 6.45) is 2.50. The monoisotopic (exact) mass is 310 g/mol. The highest BCUT2D eigenvalue weighted by molar-refractivity contribution is 9.10. The zero-order chi connectivity index (χ0) is 13.0. The first-order chi connectivity index (χ1) is 8.72. The van der Waals surface area contributed by atoms with Crippen LogP contribution in [0.4, 0.5) is 0 Å². The summed E-state index contributed by atoms with van der Waals surface area (Å²) >= 11 is 3.51. The predicted octanol–water partition coefficient (Wildman–Crippen LogP) is 3.58. The predicted molar refractivity (Wildman–Crippen MR) is 80.8 cm³/mol. The molecule has 1 heterocycles. The van der Waals surface area contributed by atoms with Crippen LogP contribution in [0, 0.1) is 0 Å². The quantitative estimate of drug-likeness (QED) is 0.894. The van der Waals surface area contributed by atoms with Crippen LogP contribution in [0.2, 0.25) is 0 Å². The second kappa shape index (κ2) is 6.69. The molecule has 2 atom stereocenters. The largest absolute Gasteiger partial charge is 0.315 e. The zero-order valence-electron chi connectivity index (χ0n) is 11.3. The van der Waals surface area contributed by atoms with E-state index in [9.17, 15) is 0 Å². The number of hydrogen-bond acceptors (Lipinski definition) is 2. The Morgan fingerprint density at radius 3 is 2.67 bits per heavy atom. The smallest absolute Gasteiger partial charge is 0.0323 e. The lowest BCUT2D eigenvalue weighted by molar-refractivity contribution is 0.153. The van der Waals surface area contributed by atoms with Crippen molar-refractivity contribution in [1.82, 2.24) is 10.2 Å². The van der Waals surface area contributed by atoms with Crippen molar-refractivity contribution in [3.05, 3.63) is 34.3 Å². The summed E-state index contributed by atoms with van der Waals surface area (Å²) in [5, 5.41) is 3.48. The van der Waals surface area contributed by atoms with Crippen molar-refractivity contribution in [2.45, 2.75) is 38.8 Å². The van der Waals surface area contributed by atoms with E-state index < -0.39 is 0 Å². The van der Waals surface area contributed by atoms with Crippen molar-refractivity contribution in [3.63, 3.8) is 0 Å². The number of benzene rings is 1. The van der Waals surface area contributed by atoms with E-state index in [1.54, 1.807) is 0 Å². The maximum Gasteiger partial charge on any atom is 0.0323 e. The highest BCUT2D eigenvalue weighted by Crippen LogP contribution is 2.26. The fourth-order valence-electron chi connectivity index (χ4n) is 2.81. The van der Waals surface area contributed by atoms with Gasteiger partial charge in [-0.05, 0) is 50.6 Å². The highest BCUT2D eigenvalue weighted by Gasteiger charge is 2.26. The molecule has 0 saturated carbocycles. The molecule has 0 aliphatic carbocycles. The second-order valence-electron chi connectivity index (χ2n) is 5.11. The Bertz CT molecular complexity index is 357. The molecule has 2 nitrogen and oxygen atoms in total. The van der Waals surface area contributed by atoms with E-state index in [2.05, 4.69) is 64.3 Å². The van der Waals surface area contributed by atoms with Crippen LogP contribution in [0.15, 0.2) is 28.7 Å². The van der Waals surface area contributed by atoms with Crippen LogP contribution < -0.4 is 5.32 Å². The molecule has 1 saturated heterocycles. The van der Waals surface area contributed by atoms with Crippen LogP contribution in [0.1, 0.15) is 38.3 Å². The summed E-state index contributed by atoms with van der Waals surface area (Å²) in [7, 11) is 0. The fourth-order valence-corrected chi connectivity index (χ4v) is 3.07. The molecule has 18 heavy (non-hydrogen) atoms. The van der Waals surface area contributed by atoms with Crippen LogP contribution in [-0.4, -0.2) is 30.6 Å². The van der Waals surface area contributed by atoms with Crippen LogP contribution in [-0.2, 0) is 0 Å². The maximum atomic E-state index is 3.51. The van der Waals surface area contributed by atoms with Gasteiger partial charge >= 0.3 is 0 Å². The minimum Gasteiger partial charge on any atom is -0.315 e. The Morgan fingerprint density at radius 1 is 1.39 bits per heavy atom. The Hall–Kier alpha value is -0.380. The molecular formula is C15H23BrN2. The lowest BCUT2D eigenvalue weighted by Gasteiger charge is -2.34. The molecule has 0 aromatic heterocycles. The Morgan fingerprint density at radius 2 is 2.11 bits per heavy atom. The second-order valence-corrected chi connectivity index (χ2v) is 6.03. The van der Waals surface area contributed by atoms with E-state index in [0.29, 0.717) is 12.1 Å². The van der Waals surface area contributed by atoms with Crippen molar-refractivity contribution in [2.75, 3.05) is 19.6 Å². The molecule has 100 valence electrons. The van der Waals surface area contributed by atoms with Crippen LogP contribution in [0.3, 0.4) is 0 Å². The Balaban J connectivity index is 2.11. The average molecular weight is 311 g/mol. The molecule has 0 radical (unpaired) electrons. The number of nitrogens with zero attached hydrogens (tertiary/aromatic N) is 1. The molecule has 0 bridgehead atoms. The van der Waals surface area contributed by atoms with Crippen molar-refractivity contribution in [3.8, 4) is 0 Å². The molecule has 2 unspecified atom stereocenters. The van der Waals surface area contributed by atoms with Crippen molar-refractivity contribution >= 4 is 15.9 Å². The molecule has 1 aromatic rings. The van der Waals surface area contributed by atoms with Gasteiger partial charge in [-0.25, -0.2) is 0 Å². The minimum absolute atomic E-state index is 0.503.